The number of carbonyl (C=O) groups is 2. The molecule has 8 heteroatoms. The van der Waals surface area contributed by atoms with Crippen LogP contribution in [0.25, 0.3) is 0 Å². The average molecular weight is 344 g/mol. The van der Waals surface area contributed by atoms with Gasteiger partial charge < -0.3 is 10.6 Å². The van der Waals surface area contributed by atoms with Gasteiger partial charge in [-0.1, -0.05) is 20.8 Å². The smallest absolute Gasteiger partial charge is 0.226 e. The second kappa shape index (κ2) is 7.08. The zero-order valence-corrected chi connectivity index (χ0v) is 14.4. The van der Waals surface area contributed by atoms with Crippen LogP contribution < -0.4 is 10.6 Å². The zero-order chi connectivity index (χ0) is 17.8. The molecule has 128 valence electrons. The summed E-state index contributed by atoms with van der Waals surface area (Å²) < 4.78 is 36.5. The molecule has 0 spiro atoms. The molecular formula is C15H21FN2O4S. The van der Waals surface area contributed by atoms with E-state index in [4.69, 9.17) is 0 Å². The van der Waals surface area contributed by atoms with E-state index in [0.717, 1.165) is 24.5 Å². The molecule has 0 saturated carbocycles. The highest BCUT2D eigenvalue weighted by atomic mass is 32.2. The lowest BCUT2D eigenvalue weighted by atomic mass is 9.96. The minimum Gasteiger partial charge on any atom is -0.355 e. The van der Waals surface area contributed by atoms with E-state index in [1.807, 2.05) is 0 Å². The van der Waals surface area contributed by atoms with E-state index >= 15 is 0 Å². The quantitative estimate of drug-likeness (QED) is 0.796. The summed E-state index contributed by atoms with van der Waals surface area (Å²) in [5.74, 6) is -1.45. The summed E-state index contributed by atoms with van der Waals surface area (Å²) >= 11 is 0. The molecule has 0 bridgehead atoms. The van der Waals surface area contributed by atoms with E-state index in [0.29, 0.717) is 0 Å². The first-order valence-electron chi connectivity index (χ1n) is 6.99. The highest BCUT2D eigenvalue weighted by Gasteiger charge is 2.20. The van der Waals surface area contributed by atoms with Crippen LogP contribution in [-0.4, -0.2) is 33.0 Å². The maximum Gasteiger partial charge on any atom is 0.226 e. The van der Waals surface area contributed by atoms with Gasteiger partial charge >= 0.3 is 0 Å². The Balaban J connectivity index is 2.66. The van der Waals surface area contributed by atoms with Crippen LogP contribution in [0.2, 0.25) is 0 Å². The molecule has 23 heavy (non-hydrogen) atoms. The van der Waals surface area contributed by atoms with Crippen LogP contribution >= 0.6 is 0 Å². The molecule has 0 saturated heterocycles. The summed E-state index contributed by atoms with van der Waals surface area (Å²) in [6.07, 6.45) is 0.943. The number of hydrogen-bond donors (Lipinski definition) is 2. The van der Waals surface area contributed by atoms with Crippen molar-refractivity contribution < 1.29 is 22.4 Å². The van der Waals surface area contributed by atoms with Gasteiger partial charge in [0.05, 0.1) is 10.6 Å². The number of anilines is 1. The largest absolute Gasteiger partial charge is 0.355 e. The highest BCUT2D eigenvalue weighted by Crippen LogP contribution is 2.19. The second-order valence-electron chi connectivity index (χ2n) is 6.22. The molecule has 0 atom stereocenters. The van der Waals surface area contributed by atoms with Crippen molar-refractivity contribution in [2.75, 3.05) is 18.1 Å². The molecule has 0 fully saturated rings. The predicted octanol–water partition coefficient (Wildman–Crippen LogP) is 1.72. The topological polar surface area (TPSA) is 92.3 Å². The fraction of sp³-hybridized carbons (Fsp3) is 0.467. The third-order valence-electron chi connectivity index (χ3n) is 2.96. The number of nitrogens with one attached hydrogen (secondary N) is 2. The maximum atomic E-state index is 13.6. The third kappa shape index (κ3) is 5.97. The molecule has 0 radical (unpaired) electrons. The lowest BCUT2D eigenvalue weighted by molar-refractivity contribution is -0.128. The Bertz CT molecular complexity index is 709. The Hall–Kier alpha value is -1.96. The summed E-state index contributed by atoms with van der Waals surface area (Å²) in [7, 11) is -3.50. The van der Waals surface area contributed by atoms with Gasteiger partial charge in [0.15, 0.2) is 9.84 Å². The molecule has 6 nitrogen and oxygen atoms in total. The fourth-order valence-corrected chi connectivity index (χ4v) is 2.25. The van der Waals surface area contributed by atoms with Gasteiger partial charge in [0.2, 0.25) is 11.8 Å². The van der Waals surface area contributed by atoms with Gasteiger partial charge in [-0.05, 0) is 18.2 Å². The molecule has 0 aliphatic heterocycles. The molecule has 1 aromatic rings. The molecule has 2 amide bonds. The Kier molecular flexibility index (Phi) is 5.87. The van der Waals surface area contributed by atoms with Crippen molar-refractivity contribution in [2.45, 2.75) is 32.1 Å². The van der Waals surface area contributed by atoms with Gasteiger partial charge in [-0.15, -0.1) is 0 Å². The number of amides is 2. The molecular weight excluding hydrogens is 323 g/mol. The Labute approximate surface area is 135 Å². The monoisotopic (exact) mass is 344 g/mol. The van der Waals surface area contributed by atoms with E-state index in [1.165, 1.54) is 0 Å². The van der Waals surface area contributed by atoms with Crippen LogP contribution in [0, 0.1) is 11.2 Å². The summed E-state index contributed by atoms with van der Waals surface area (Å²) in [4.78, 5) is 23.3. The van der Waals surface area contributed by atoms with Crippen LogP contribution in [0.1, 0.15) is 27.2 Å². The Morgan fingerprint density at radius 1 is 1.22 bits per heavy atom. The van der Waals surface area contributed by atoms with Gasteiger partial charge in [0.25, 0.3) is 0 Å². The number of hydrogen-bond acceptors (Lipinski definition) is 4. The first-order valence-corrected chi connectivity index (χ1v) is 8.88. The number of sulfone groups is 1. The minimum atomic E-state index is -3.50. The number of halogens is 1. The van der Waals surface area contributed by atoms with Crippen molar-refractivity contribution >= 4 is 27.3 Å². The maximum absolute atomic E-state index is 13.6. The lowest BCUT2D eigenvalue weighted by Crippen LogP contribution is -2.36. The van der Waals surface area contributed by atoms with Crippen molar-refractivity contribution in [1.29, 1.82) is 0 Å². The van der Waals surface area contributed by atoms with Crippen LogP contribution in [0.3, 0.4) is 0 Å². The zero-order valence-electron chi connectivity index (χ0n) is 13.6. The first-order chi connectivity index (χ1) is 10.4. The molecule has 0 aliphatic carbocycles. The standard InChI is InChI=1S/C15H21FN2O4S/c1-15(2,3)14(20)17-8-7-13(19)18-12-9-10(23(4,21)22)5-6-11(12)16/h5-6,9H,7-8H2,1-4H3,(H,17,20)(H,18,19). The summed E-state index contributed by atoms with van der Waals surface area (Å²) in [5.41, 5.74) is -0.771. The predicted molar refractivity (Wildman–Crippen MR) is 85.2 cm³/mol. The first kappa shape index (κ1) is 19.1. The molecule has 1 rings (SSSR count). The lowest BCUT2D eigenvalue weighted by Gasteiger charge is -2.17. The second-order valence-corrected chi connectivity index (χ2v) is 8.23. The Morgan fingerprint density at radius 2 is 1.83 bits per heavy atom. The van der Waals surface area contributed by atoms with Crippen molar-refractivity contribution in [3.63, 3.8) is 0 Å². The van der Waals surface area contributed by atoms with Gasteiger partial charge in [0.1, 0.15) is 5.82 Å². The van der Waals surface area contributed by atoms with Crippen LogP contribution in [-0.2, 0) is 19.4 Å². The molecule has 0 aliphatic rings. The molecule has 0 aromatic heterocycles. The van der Waals surface area contributed by atoms with Crippen molar-refractivity contribution in [3.05, 3.63) is 24.0 Å². The normalized spacial score (nSPS) is 11.9. The minimum absolute atomic E-state index is 0.0512. The van der Waals surface area contributed by atoms with Crippen molar-refractivity contribution in [1.82, 2.24) is 5.32 Å². The van der Waals surface area contributed by atoms with Crippen molar-refractivity contribution in [3.8, 4) is 0 Å². The van der Waals surface area contributed by atoms with E-state index in [-0.39, 0.29) is 29.5 Å². The van der Waals surface area contributed by atoms with Crippen LogP contribution in [0.4, 0.5) is 10.1 Å². The van der Waals surface area contributed by atoms with E-state index in [1.54, 1.807) is 20.8 Å². The van der Waals surface area contributed by atoms with Gasteiger partial charge in [-0.2, -0.15) is 0 Å². The molecule has 0 heterocycles. The van der Waals surface area contributed by atoms with Crippen LogP contribution in [0.5, 0.6) is 0 Å². The number of rotatable bonds is 5. The summed E-state index contributed by atoms with van der Waals surface area (Å²) in [5, 5.41) is 4.91. The van der Waals surface area contributed by atoms with E-state index in [9.17, 15) is 22.4 Å². The summed E-state index contributed by atoms with van der Waals surface area (Å²) in [6.45, 7) is 5.34. The highest BCUT2D eigenvalue weighted by molar-refractivity contribution is 7.90. The molecule has 1 aromatic carbocycles. The number of carbonyl (C=O) groups excluding carboxylic acids is 2. The third-order valence-corrected chi connectivity index (χ3v) is 4.07. The molecule has 2 N–H and O–H groups in total. The average Bonchev–Trinajstić information content (AvgIpc) is 2.38. The van der Waals surface area contributed by atoms with Gasteiger partial charge in [-0.3, -0.25) is 9.59 Å². The number of benzene rings is 1. The van der Waals surface area contributed by atoms with Gasteiger partial charge in [0, 0.05) is 24.6 Å². The van der Waals surface area contributed by atoms with Crippen molar-refractivity contribution in [2.24, 2.45) is 5.41 Å². The van der Waals surface area contributed by atoms with Crippen LogP contribution in [0.15, 0.2) is 23.1 Å². The SMILES string of the molecule is CC(C)(C)C(=O)NCCC(=O)Nc1cc(S(C)(=O)=O)ccc1F. The summed E-state index contributed by atoms with van der Waals surface area (Å²) in [6, 6.07) is 3.17. The van der Waals surface area contributed by atoms with Gasteiger partial charge in [-0.25, -0.2) is 12.8 Å². The van der Waals surface area contributed by atoms with E-state index in [2.05, 4.69) is 10.6 Å². The Morgan fingerprint density at radius 3 is 2.35 bits per heavy atom. The molecule has 0 unspecified atom stereocenters. The van der Waals surface area contributed by atoms with E-state index < -0.39 is 27.0 Å². The fourth-order valence-electron chi connectivity index (χ4n) is 1.60.